The molecule has 1 aromatic heterocycles. The van der Waals surface area contributed by atoms with Crippen LogP contribution in [0.1, 0.15) is 21.1 Å². The van der Waals surface area contributed by atoms with E-state index >= 15 is 0 Å². The van der Waals surface area contributed by atoms with E-state index in [2.05, 4.69) is 9.97 Å². The van der Waals surface area contributed by atoms with Gasteiger partial charge in [-0.3, -0.25) is 4.79 Å². The first kappa shape index (κ1) is 10.9. The average molecular weight is 212 g/mol. The predicted molar refractivity (Wildman–Crippen MR) is 47.5 cm³/mol. The Balaban J connectivity index is 3.45. The molecule has 0 fully saturated rings. The van der Waals surface area contributed by atoms with Gasteiger partial charge >= 0.3 is 5.97 Å². The number of hydrogen-bond acceptors (Lipinski definition) is 6. The van der Waals surface area contributed by atoms with Crippen molar-refractivity contribution in [3.63, 3.8) is 0 Å². The SMILES string of the molecule is COc1nc(C=O)nc(C(=O)O)c1OC. The van der Waals surface area contributed by atoms with Crippen molar-refractivity contribution in [1.29, 1.82) is 0 Å². The minimum Gasteiger partial charge on any atom is -0.489 e. The van der Waals surface area contributed by atoms with Gasteiger partial charge in [0.25, 0.3) is 5.88 Å². The van der Waals surface area contributed by atoms with Crippen LogP contribution in [-0.2, 0) is 0 Å². The van der Waals surface area contributed by atoms with Crippen molar-refractivity contribution in [1.82, 2.24) is 9.97 Å². The third-order valence-electron chi connectivity index (χ3n) is 1.56. The Bertz CT molecular complexity index is 404. The largest absolute Gasteiger partial charge is 0.489 e. The fraction of sp³-hybridized carbons (Fsp3) is 0.250. The summed E-state index contributed by atoms with van der Waals surface area (Å²) >= 11 is 0. The third-order valence-corrected chi connectivity index (χ3v) is 1.56. The number of carbonyl (C=O) groups is 2. The lowest BCUT2D eigenvalue weighted by Crippen LogP contribution is -2.09. The zero-order valence-electron chi connectivity index (χ0n) is 8.05. The maximum Gasteiger partial charge on any atom is 0.358 e. The first-order valence-corrected chi connectivity index (χ1v) is 3.82. The lowest BCUT2D eigenvalue weighted by Gasteiger charge is -2.08. The number of methoxy groups -OCH3 is 2. The van der Waals surface area contributed by atoms with E-state index < -0.39 is 11.7 Å². The number of rotatable bonds is 4. The Kier molecular flexibility index (Phi) is 3.17. The van der Waals surface area contributed by atoms with Crippen LogP contribution in [0.5, 0.6) is 11.6 Å². The van der Waals surface area contributed by atoms with Gasteiger partial charge in [-0.05, 0) is 0 Å². The van der Waals surface area contributed by atoms with Gasteiger partial charge in [-0.15, -0.1) is 0 Å². The standard InChI is InChI=1S/C8H8N2O5/c1-14-6-5(8(12)13)9-4(3-11)10-7(6)15-2/h3H,1-2H3,(H,12,13). The summed E-state index contributed by atoms with van der Waals surface area (Å²) in [4.78, 5) is 28.3. The number of hydrogen-bond donors (Lipinski definition) is 1. The van der Waals surface area contributed by atoms with Crippen molar-refractivity contribution in [3.05, 3.63) is 11.5 Å². The van der Waals surface area contributed by atoms with Crippen molar-refractivity contribution in [3.8, 4) is 11.6 Å². The molecule has 0 aliphatic carbocycles. The highest BCUT2D eigenvalue weighted by Crippen LogP contribution is 2.27. The Labute approximate surface area is 84.7 Å². The lowest BCUT2D eigenvalue weighted by molar-refractivity contribution is 0.0685. The number of nitrogens with zero attached hydrogens (tertiary/aromatic N) is 2. The highest BCUT2D eigenvalue weighted by Gasteiger charge is 2.20. The fourth-order valence-electron chi connectivity index (χ4n) is 0.966. The van der Waals surface area contributed by atoms with Crippen LogP contribution in [0.2, 0.25) is 0 Å². The van der Waals surface area contributed by atoms with Gasteiger partial charge in [0.2, 0.25) is 5.75 Å². The summed E-state index contributed by atoms with van der Waals surface area (Å²) in [7, 11) is 2.54. The second-order valence-corrected chi connectivity index (χ2v) is 2.40. The molecule has 0 aromatic carbocycles. The molecule has 0 saturated heterocycles. The summed E-state index contributed by atoms with van der Waals surface area (Å²) in [5, 5.41) is 8.79. The van der Waals surface area contributed by atoms with Gasteiger partial charge in [0.05, 0.1) is 14.2 Å². The number of aromatic nitrogens is 2. The van der Waals surface area contributed by atoms with E-state index in [1.807, 2.05) is 0 Å². The number of carbonyl (C=O) groups excluding carboxylic acids is 1. The van der Waals surface area contributed by atoms with Crippen LogP contribution in [0.15, 0.2) is 0 Å². The Hall–Kier alpha value is -2.18. The second kappa shape index (κ2) is 4.36. The van der Waals surface area contributed by atoms with Crippen molar-refractivity contribution in [2.45, 2.75) is 0 Å². The molecule has 15 heavy (non-hydrogen) atoms. The first-order valence-electron chi connectivity index (χ1n) is 3.82. The van der Waals surface area contributed by atoms with Crippen LogP contribution in [0.4, 0.5) is 0 Å². The Morgan fingerprint density at radius 1 is 1.33 bits per heavy atom. The van der Waals surface area contributed by atoms with Gasteiger partial charge in [0.15, 0.2) is 17.8 Å². The molecular weight excluding hydrogens is 204 g/mol. The van der Waals surface area contributed by atoms with E-state index in [0.29, 0.717) is 6.29 Å². The minimum atomic E-state index is -1.32. The van der Waals surface area contributed by atoms with E-state index in [4.69, 9.17) is 14.6 Å². The van der Waals surface area contributed by atoms with Crippen LogP contribution in [0.3, 0.4) is 0 Å². The molecule has 1 heterocycles. The van der Waals surface area contributed by atoms with Crippen LogP contribution in [-0.4, -0.2) is 41.5 Å². The second-order valence-electron chi connectivity index (χ2n) is 2.40. The summed E-state index contributed by atoms with van der Waals surface area (Å²) in [5.41, 5.74) is -0.411. The quantitative estimate of drug-likeness (QED) is 0.701. The molecule has 0 radical (unpaired) electrons. The zero-order chi connectivity index (χ0) is 11.4. The predicted octanol–water partition coefficient (Wildman–Crippen LogP) is 0.00450. The van der Waals surface area contributed by atoms with E-state index in [1.54, 1.807) is 0 Å². The van der Waals surface area contributed by atoms with Crippen molar-refractivity contribution >= 4 is 12.3 Å². The maximum atomic E-state index is 10.8. The van der Waals surface area contributed by atoms with Gasteiger partial charge in [0, 0.05) is 0 Å². The number of carboxylic acid groups (broad SMARTS) is 1. The highest BCUT2D eigenvalue weighted by atomic mass is 16.5. The lowest BCUT2D eigenvalue weighted by atomic mass is 10.3. The van der Waals surface area contributed by atoms with E-state index in [0.717, 1.165) is 0 Å². The van der Waals surface area contributed by atoms with Gasteiger partial charge in [-0.2, -0.15) is 4.98 Å². The number of aldehydes is 1. The summed E-state index contributed by atoms with van der Waals surface area (Å²) in [6.45, 7) is 0. The monoisotopic (exact) mass is 212 g/mol. The van der Waals surface area contributed by atoms with Crippen LogP contribution >= 0.6 is 0 Å². The van der Waals surface area contributed by atoms with E-state index in [9.17, 15) is 9.59 Å². The van der Waals surface area contributed by atoms with Gasteiger partial charge in [-0.25, -0.2) is 9.78 Å². The third kappa shape index (κ3) is 2.01. The van der Waals surface area contributed by atoms with Crippen LogP contribution < -0.4 is 9.47 Å². The molecule has 0 aliphatic heterocycles. The van der Waals surface area contributed by atoms with Crippen molar-refractivity contribution in [2.75, 3.05) is 14.2 Å². The fourth-order valence-corrected chi connectivity index (χ4v) is 0.966. The first-order chi connectivity index (χ1) is 7.13. The molecule has 80 valence electrons. The van der Waals surface area contributed by atoms with Gasteiger partial charge in [0.1, 0.15) is 0 Å². The number of aromatic carboxylic acids is 1. The smallest absolute Gasteiger partial charge is 0.358 e. The molecule has 7 nitrogen and oxygen atoms in total. The molecule has 1 rings (SSSR count). The Morgan fingerprint density at radius 3 is 2.40 bits per heavy atom. The molecule has 0 bridgehead atoms. The molecule has 7 heteroatoms. The molecule has 1 N–H and O–H groups in total. The maximum absolute atomic E-state index is 10.8. The topological polar surface area (TPSA) is 98.6 Å². The summed E-state index contributed by atoms with van der Waals surface area (Å²) < 4.78 is 9.55. The van der Waals surface area contributed by atoms with E-state index in [-0.39, 0.29) is 17.5 Å². The summed E-state index contributed by atoms with van der Waals surface area (Å²) in [6, 6.07) is 0. The number of ether oxygens (including phenoxy) is 2. The normalized spacial score (nSPS) is 9.47. The van der Waals surface area contributed by atoms with Crippen LogP contribution in [0, 0.1) is 0 Å². The Morgan fingerprint density at radius 2 is 2.00 bits per heavy atom. The van der Waals surface area contributed by atoms with Gasteiger partial charge < -0.3 is 14.6 Å². The van der Waals surface area contributed by atoms with Gasteiger partial charge in [-0.1, -0.05) is 0 Å². The molecule has 0 atom stereocenters. The summed E-state index contributed by atoms with van der Waals surface area (Å²) in [6.07, 6.45) is 0.328. The molecule has 0 spiro atoms. The molecule has 0 aliphatic rings. The minimum absolute atomic E-state index is 0.0907. The zero-order valence-corrected chi connectivity index (χ0v) is 8.05. The molecular formula is C8H8N2O5. The van der Waals surface area contributed by atoms with Crippen molar-refractivity contribution < 1.29 is 24.2 Å². The molecule has 0 amide bonds. The van der Waals surface area contributed by atoms with Crippen molar-refractivity contribution in [2.24, 2.45) is 0 Å². The molecule has 0 saturated carbocycles. The molecule has 1 aromatic rings. The average Bonchev–Trinajstić information content (AvgIpc) is 2.26. The highest BCUT2D eigenvalue weighted by molar-refractivity contribution is 5.90. The number of carboxylic acids is 1. The van der Waals surface area contributed by atoms with E-state index in [1.165, 1.54) is 14.2 Å². The molecule has 0 unspecified atom stereocenters. The van der Waals surface area contributed by atoms with Crippen LogP contribution in [0.25, 0.3) is 0 Å². The summed E-state index contributed by atoms with van der Waals surface area (Å²) in [5.74, 6) is -1.80.